The quantitative estimate of drug-likeness (QED) is 0.603. The summed E-state index contributed by atoms with van der Waals surface area (Å²) in [5, 5.41) is 13.9. The van der Waals surface area contributed by atoms with Gasteiger partial charge in [-0.15, -0.1) is 0 Å². The SMILES string of the molecule is CCC(CC)n1nc(C(F)F)c([N+](=O)[O-])c1Cl. The van der Waals surface area contributed by atoms with Crippen molar-refractivity contribution in [3.05, 3.63) is 21.0 Å². The maximum absolute atomic E-state index is 12.6. The Bertz CT molecular complexity index is 419. The number of aromatic nitrogens is 2. The molecular formula is C9H12ClF2N3O2. The third kappa shape index (κ3) is 2.54. The maximum Gasteiger partial charge on any atom is 0.335 e. The summed E-state index contributed by atoms with van der Waals surface area (Å²) in [6, 6.07) is -0.214. The van der Waals surface area contributed by atoms with Crippen molar-refractivity contribution in [2.45, 2.75) is 39.2 Å². The summed E-state index contributed by atoms with van der Waals surface area (Å²) in [6.45, 7) is 3.67. The van der Waals surface area contributed by atoms with Crippen LogP contribution in [-0.2, 0) is 0 Å². The number of halogens is 3. The van der Waals surface area contributed by atoms with Crippen molar-refractivity contribution in [3.8, 4) is 0 Å². The molecule has 0 spiro atoms. The second-order valence-electron chi connectivity index (χ2n) is 3.50. The van der Waals surface area contributed by atoms with Gasteiger partial charge in [-0.05, 0) is 12.8 Å². The molecule has 0 N–H and O–H groups in total. The average Bonchev–Trinajstić information content (AvgIpc) is 2.59. The van der Waals surface area contributed by atoms with Gasteiger partial charge in [0.2, 0.25) is 10.8 Å². The zero-order chi connectivity index (χ0) is 13.2. The first-order chi connectivity index (χ1) is 7.93. The smallest absolute Gasteiger partial charge is 0.258 e. The molecular weight excluding hydrogens is 256 g/mol. The van der Waals surface area contributed by atoms with E-state index in [0.717, 1.165) is 4.68 Å². The monoisotopic (exact) mass is 267 g/mol. The standard InChI is InChI=1S/C9H12ClF2N3O2/c1-3-5(4-2)14-8(10)7(15(16)17)6(13-14)9(11)12/h5,9H,3-4H2,1-2H3. The van der Waals surface area contributed by atoms with Crippen molar-refractivity contribution in [2.75, 3.05) is 0 Å². The molecule has 1 aromatic heterocycles. The topological polar surface area (TPSA) is 61.0 Å². The minimum absolute atomic E-state index is 0.214. The molecule has 0 bridgehead atoms. The van der Waals surface area contributed by atoms with E-state index >= 15 is 0 Å². The molecule has 8 heteroatoms. The molecule has 0 fully saturated rings. The van der Waals surface area contributed by atoms with Crippen molar-refractivity contribution in [1.29, 1.82) is 0 Å². The van der Waals surface area contributed by atoms with Gasteiger partial charge in [0.05, 0.1) is 11.0 Å². The Morgan fingerprint density at radius 2 is 2.00 bits per heavy atom. The van der Waals surface area contributed by atoms with Crippen molar-refractivity contribution in [3.63, 3.8) is 0 Å². The van der Waals surface area contributed by atoms with Gasteiger partial charge in [-0.2, -0.15) is 5.10 Å². The predicted octanol–water partition coefficient (Wildman–Crippen LogP) is 3.74. The van der Waals surface area contributed by atoms with Crippen LogP contribution in [0.1, 0.15) is 44.9 Å². The zero-order valence-electron chi connectivity index (χ0n) is 9.36. The van der Waals surface area contributed by atoms with Crippen LogP contribution in [0.25, 0.3) is 0 Å². The fraction of sp³-hybridized carbons (Fsp3) is 0.667. The Kier molecular flexibility index (Phi) is 4.39. The molecule has 0 atom stereocenters. The van der Waals surface area contributed by atoms with E-state index < -0.39 is 22.7 Å². The van der Waals surface area contributed by atoms with Crippen LogP contribution in [0.4, 0.5) is 14.5 Å². The van der Waals surface area contributed by atoms with Gasteiger partial charge in [-0.1, -0.05) is 25.4 Å². The highest BCUT2D eigenvalue weighted by molar-refractivity contribution is 6.31. The fourth-order valence-corrected chi connectivity index (χ4v) is 1.96. The highest BCUT2D eigenvalue weighted by Gasteiger charge is 2.33. The molecule has 1 aromatic rings. The molecule has 0 aliphatic heterocycles. The van der Waals surface area contributed by atoms with E-state index in [9.17, 15) is 18.9 Å². The van der Waals surface area contributed by atoms with Crippen molar-refractivity contribution >= 4 is 17.3 Å². The van der Waals surface area contributed by atoms with Crippen LogP contribution >= 0.6 is 11.6 Å². The summed E-state index contributed by atoms with van der Waals surface area (Å²) in [4.78, 5) is 9.77. The first kappa shape index (κ1) is 13.8. The minimum atomic E-state index is -3.01. The summed E-state index contributed by atoms with van der Waals surface area (Å²) in [5.41, 5.74) is -1.67. The molecule has 96 valence electrons. The number of nitrogens with zero attached hydrogens (tertiary/aromatic N) is 3. The lowest BCUT2D eigenvalue weighted by molar-refractivity contribution is -0.386. The van der Waals surface area contributed by atoms with Crippen LogP contribution in [0, 0.1) is 10.1 Å². The van der Waals surface area contributed by atoms with E-state index in [-0.39, 0.29) is 11.2 Å². The van der Waals surface area contributed by atoms with E-state index in [1.54, 1.807) is 0 Å². The lowest BCUT2D eigenvalue weighted by atomic mass is 10.2. The van der Waals surface area contributed by atoms with E-state index in [0.29, 0.717) is 12.8 Å². The van der Waals surface area contributed by atoms with Gasteiger partial charge in [-0.3, -0.25) is 10.1 Å². The Morgan fingerprint density at radius 1 is 1.47 bits per heavy atom. The van der Waals surface area contributed by atoms with E-state index in [2.05, 4.69) is 5.10 Å². The Morgan fingerprint density at radius 3 is 2.29 bits per heavy atom. The lowest BCUT2D eigenvalue weighted by Gasteiger charge is -2.13. The van der Waals surface area contributed by atoms with Gasteiger partial charge in [0.1, 0.15) is 0 Å². The Balaban J connectivity index is 3.35. The summed E-state index contributed by atoms with van der Waals surface area (Å²) < 4.78 is 26.3. The molecule has 17 heavy (non-hydrogen) atoms. The normalized spacial score (nSPS) is 11.5. The van der Waals surface area contributed by atoms with Crippen LogP contribution in [0.15, 0.2) is 0 Å². The third-order valence-electron chi connectivity index (χ3n) is 2.53. The molecule has 0 saturated carbocycles. The van der Waals surface area contributed by atoms with Crippen LogP contribution in [0.2, 0.25) is 5.15 Å². The third-order valence-corrected chi connectivity index (χ3v) is 2.88. The number of hydrogen-bond acceptors (Lipinski definition) is 3. The van der Waals surface area contributed by atoms with E-state index in [4.69, 9.17) is 11.6 Å². The molecule has 0 aromatic carbocycles. The van der Waals surface area contributed by atoms with Crippen LogP contribution in [0.5, 0.6) is 0 Å². The van der Waals surface area contributed by atoms with Gasteiger partial charge < -0.3 is 0 Å². The Hall–Kier alpha value is -1.24. The number of nitro groups is 1. The van der Waals surface area contributed by atoms with Gasteiger partial charge in [0.15, 0.2) is 0 Å². The number of hydrogen-bond donors (Lipinski definition) is 0. The molecule has 1 rings (SSSR count). The summed E-state index contributed by atoms with van der Waals surface area (Å²) >= 11 is 5.75. The number of rotatable bonds is 5. The lowest BCUT2D eigenvalue weighted by Crippen LogP contribution is -2.09. The molecule has 5 nitrogen and oxygen atoms in total. The van der Waals surface area contributed by atoms with Crippen LogP contribution in [-0.4, -0.2) is 14.7 Å². The highest BCUT2D eigenvalue weighted by Crippen LogP contribution is 2.36. The molecule has 0 aliphatic carbocycles. The van der Waals surface area contributed by atoms with E-state index in [1.165, 1.54) is 0 Å². The molecule has 1 heterocycles. The molecule has 0 amide bonds. The van der Waals surface area contributed by atoms with Crippen molar-refractivity contribution in [1.82, 2.24) is 9.78 Å². The van der Waals surface area contributed by atoms with Crippen LogP contribution < -0.4 is 0 Å². The van der Waals surface area contributed by atoms with Crippen molar-refractivity contribution in [2.24, 2.45) is 0 Å². The first-order valence-electron chi connectivity index (χ1n) is 5.14. The summed E-state index contributed by atoms with van der Waals surface area (Å²) in [7, 11) is 0. The molecule has 0 radical (unpaired) electrons. The second-order valence-corrected chi connectivity index (χ2v) is 3.86. The second kappa shape index (κ2) is 5.39. The highest BCUT2D eigenvalue weighted by atomic mass is 35.5. The largest absolute Gasteiger partial charge is 0.335 e. The zero-order valence-corrected chi connectivity index (χ0v) is 10.1. The molecule has 0 unspecified atom stereocenters. The average molecular weight is 268 g/mol. The Labute approximate surface area is 102 Å². The summed E-state index contributed by atoms with van der Waals surface area (Å²) in [5.74, 6) is 0. The van der Waals surface area contributed by atoms with Gasteiger partial charge >= 0.3 is 5.69 Å². The summed E-state index contributed by atoms with van der Waals surface area (Å²) in [6.07, 6.45) is -1.79. The van der Waals surface area contributed by atoms with Crippen LogP contribution in [0.3, 0.4) is 0 Å². The predicted molar refractivity (Wildman–Crippen MR) is 58.5 cm³/mol. The number of alkyl halides is 2. The fourth-order valence-electron chi connectivity index (χ4n) is 1.61. The molecule has 0 aliphatic rings. The first-order valence-corrected chi connectivity index (χ1v) is 5.52. The van der Waals surface area contributed by atoms with Gasteiger partial charge in [0, 0.05) is 0 Å². The van der Waals surface area contributed by atoms with E-state index in [1.807, 2.05) is 13.8 Å². The van der Waals surface area contributed by atoms with Gasteiger partial charge in [0.25, 0.3) is 6.43 Å². The maximum atomic E-state index is 12.6. The van der Waals surface area contributed by atoms with Gasteiger partial charge in [-0.25, -0.2) is 13.5 Å². The minimum Gasteiger partial charge on any atom is -0.258 e. The molecule has 0 saturated heterocycles. The van der Waals surface area contributed by atoms with Crippen molar-refractivity contribution < 1.29 is 13.7 Å².